The number of aryl methyl sites for hydroxylation is 1. The van der Waals surface area contributed by atoms with Crippen LogP contribution in [0.3, 0.4) is 0 Å². The molecule has 0 bridgehead atoms. The molecule has 5 nitrogen and oxygen atoms in total. The first-order valence-electron chi connectivity index (χ1n) is 5.19. The van der Waals surface area contributed by atoms with E-state index in [1.807, 2.05) is 17.2 Å². The van der Waals surface area contributed by atoms with Crippen LogP contribution in [-0.2, 0) is 16.1 Å². The van der Waals surface area contributed by atoms with E-state index in [-0.39, 0.29) is 5.91 Å². The molecule has 1 aliphatic rings. The van der Waals surface area contributed by atoms with E-state index in [1.54, 1.807) is 10.9 Å². The number of carbonyl (C=O) groups is 1. The Hall–Kier alpha value is -1.36. The summed E-state index contributed by atoms with van der Waals surface area (Å²) < 4.78 is 6.96. The Morgan fingerprint density at radius 1 is 1.40 bits per heavy atom. The van der Waals surface area contributed by atoms with Crippen LogP contribution in [0, 0.1) is 0 Å². The van der Waals surface area contributed by atoms with Crippen molar-refractivity contribution in [3.05, 3.63) is 18.5 Å². The SMILES string of the molecule is O=C(CCn1cccn1)N1CCOCC1. The van der Waals surface area contributed by atoms with Crippen LogP contribution < -0.4 is 0 Å². The van der Waals surface area contributed by atoms with E-state index < -0.39 is 0 Å². The normalized spacial score (nSPS) is 16.7. The van der Waals surface area contributed by atoms with Gasteiger partial charge in [0.2, 0.25) is 5.91 Å². The average Bonchev–Trinajstić information content (AvgIpc) is 2.80. The van der Waals surface area contributed by atoms with Gasteiger partial charge >= 0.3 is 0 Å². The third-order valence-corrected chi connectivity index (χ3v) is 2.48. The van der Waals surface area contributed by atoms with Gasteiger partial charge in [-0.3, -0.25) is 9.48 Å². The fourth-order valence-electron chi connectivity index (χ4n) is 1.61. The average molecular weight is 209 g/mol. The molecule has 0 atom stereocenters. The second-order valence-corrected chi connectivity index (χ2v) is 3.51. The molecule has 0 N–H and O–H groups in total. The molecule has 0 saturated carbocycles. The van der Waals surface area contributed by atoms with Gasteiger partial charge in [-0.15, -0.1) is 0 Å². The van der Waals surface area contributed by atoms with Crippen molar-refractivity contribution in [2.24, 2.45) is 0 Å². The van der Waals surface area contributed by atoms with E-state index >= 15 is 0 Å². The van der Waals surface area contributed by atoms with Crippen molar-refractivity contribution in [2.75, 3.05) is 26.3 Å². The summed E-state index contributed by atoms with van der Waals surface area (Å²) in [6.45, 7) is 3.42. The van der Waals surface area contributed by atoms with Gasteiger partial charge in [-0.05, 0) is 6.07 Å². The molecule has 1 fully saturated rings. The van der Waals surface area contributed by atoms with E-state index in [4.69, 9.17) is 4.74 Å². The topological polar surface area (TPSA) is 47.4 Å². The molecule has 5 heteroatoms. The van der Waals surface area contributed by atoms with Crippen molar-refractivity contribution in [1.29, 1.82) is 0 Å². The molecule has 15 heavy (non-hydrogen) atoms. The minimum atomic E-state index is 0.189. The highest BCUT2D eigenvalue weighted by molar-refractivity contribution is 5.76. The predicted molar refractivity (Wildman–Crippen MR) is 54.2 cm³/mol. The third-order valence-electron chi connectivity index (χ3n) is 2.48. The third kappa shape index (κ3) is 2.79. The summed E-state index contributed by atoms with van der Waals surface area (Å²) in [7, 11) is 0. The van der Waals surface area contributed by atoms with Gasteiger partial charge in [0.25, 0.3) is 0 Å². The quantitative estimate of drug-likeness (QED) is 0.711. The molecule has 2 heterocycles. The number of amides is 1. The van der Waals surface area contributed by atoms with Gasteiger partial charge in [-0.1, -0.05) is 0 Å². The summed E-state index contributed by atoms with van der Waals surface area (Å²) in [4.78, 5) is 13.6. The Balaban J connectivity index is 1.76. The van der Waals surface area contributed by atoms with E-state index in [0.29, 0.717) is 26.2 Å². The number of aromatic nitrogens is 2. The molecular formula is C10H15N3O2. The number of hydrogen-bond acceptors (Lipinski definition) is 3. The molecule has 1 aromatic heterocycles. The van der Waals surface area contributed by atoms with Gasteiger partial charge < -0.3 is 9.64 Å². The molecule has 82 valence electrons. The first kappa shape index (κ1) is 10.2. The highest BCUT2D eigenvalue weighted by Crippen LogP contribution is 2.01. The zero-order valence-corrected chi connectivity index (χ0v) is 8.63. The smallest absolute Gasteiger partial charge is 0.224 e. The molecule has 1 saturated heterocycles. The summed E-state index contributed by atoms with van der Waals surface area (Å²) in [6.07, 6.45) is 4.10. The number of hydrogen-bond donors (Lipinski definition) is 0. The van der Waals surface area contributed by atoms with Crippen LogP contribution in [0.15, 0.2) is 18.5 Å². The van der Waals surface area contributed by atoms with Crippen LogP contribution in [0.5, 0.6) is 0 Å². The Labute approximate surface area is 88.6 Å². The summed E-state index contributed by atoms with van der Waals surface area (Å²) in [5.74, 6) is 0.189. The number of nitrogens with zero attached hydrogens (tertiary/aromatic N) is 3. The van der Waals surface area contributed by atoms with E-state index in [9.17, 15) is 4.79 Å². The lowest BCUT2D eigenvalue weighted by Gasteiger charge is -2.26. The number of rotatable bonds is 3. The summed E-state index contributed by atoms with van der Waals surface area (Å²) in [5, 5.41) is 4.05. The minimum absolute atomic E-state index is 0.189. The first-order chi connectivity index (χ1) is 7.36. The molecule has 1 aromatic rings. The van der Waals surface area contributed by atoms with Crippen molar-refractivity contribution in [3.63, 3.8) is 0 Å². The van der Waals surface area contributed by atoms with Gasteiger partial charge in [0.05, 0.1) is 13.2 Å². The van der Waals surface area contributed by atoms with E-state index in [0.717, 1.165) is 13.1 Å². The lowest BCUT2D eigenvalue weighted by Crippen LogP contribution is -2.40. The van der Waals surface area contributed by atoms with Crippen molar-refractivity contribution < 1.29 is 9.53 Å². The highest BCUT2D eigenvalue weighted by atomic mass is 16.5. The maximum atomic E-state index is 11.7. The highest BCUT2D eigenvalue weighted by Gasteiger charge is 2.16. The fourth-order valence-corrected chi connectivity index (χ4v) is 1.61. The van der Waals surface area contributed by atoms with Crippen LogP contribution in [0.2, 0.25) is 0 Å². The molecule has 1 amide bonds. The minimum Gasteiger partial charge on any atom is -0.378 e. The van der Waals surface area contributed by atoms with Gasteiger partial charge in [0.15, 0.2) is 0 Å². The Bertz CT molecular complexity index is 304. The van der Waals surface area contributed by atoms with Crippen LogP contribution in [-0.4, -0.2) is 46.9 Å². The molecule has 0 radical (unpaired) electrons. The largest absolute Gasteiger partial charge is 0.378 e. The number of ether oxygens (including phenoxy) is 1. The maximum Gasteiger partial charge on any atom is 0.224 e. The second kappa shape index (κ2) is 4.93. The molecule has 1 aliphatic heterocycles. The summed E-state index contributed by atoms with van der Waals surface area (Å²) in [5.41, 5.74) is 0. The Morgan fingerprint density at radius 3 is 2.87 bits per heavy atom. The standard InChI is InChI=1S/C10H15N3O2/c14-10(12-6-8-15-9-7-12)2-5-13-4-1-3-11-13/h1,3-4H,2,5-9H2. The van der Waals surface area contributed by atoms with Gasteiger partial charge in [0.1, 0.15) is 0 Å². The van der Waals surface area contributed by atoms with Gasteiger partial charge in [0, 0.05) is 38.4 Å². The van der Waals surface area contributed by atoms with Crippen molar-refractivity contribution in [2.45, 2.75) is 13.0 Å². The van der Waals surface area contributed by atoms with Crippen LogP contribution in [0.4, 0.5) is 0 Å². The lowest BCUT2D eigenvalue weighted by atomic mass is 10.3. The number of morpholine rings is 1. The summed E-state index contributed by atoms with van der Waals surface area (Å²) >= 11 is 0. The van der Waals surface area contributed by atoms with Gasteiger partial charge in [-0.2, -0.15) is 5.10 Å². The first-order valence-corrected chi connectivity index (χ1v) is 5.19. The summed E-state index contributed by atoms with van der Waals surface area (Å²) in [6, 6.07) is 1.86. The zero-order chi connectivity index (χ0) is 10.5. The van der Waals surface area contributed by atoms with Crippen molar-refractivity contribution >= 4 is 5.91 Å². The van der Waals surface area contributed by atoms with Crippen LogP contribution in [0.25, 0.3) is 0 Å². The Morgan fingerprint density at radius 2 is 2.20 bits per heavy atom. The predicted octanol–water partition coefficient (Wildman–Crippen LogP) is 0.132. The molecule has 0 aromatic carbocycles. The molecule has 0 unspecified atom stereocenters. The molecule has 0 spiro atoms. The van der Waals surface area contributed by atoms with Crippen molar-refractivity contribution in [3.8, 4) is 0 Å². The van der Waals surface area contributed by atoms with Crippen molar-refractivity contribution in [1.82, 2.24) is 14.7 Å². The molecular weight excluding hydrogens is 194 g/mol. The van der Waals surface area contributed by atoms with E-state index in [1.165, 1.54) is 0 Å². The zero-order valence-electron chi connectivity index (χ0n) is 8.63. The van der Waals surface area contributed by atoms with E-state index in [2.05, 4.69) is 5.10 Å². The molecule has 2 rings (SSSR count). The lowest BCUT2D eigenvalue weighted by molar-refractivity contribution is -0.135. The maximum absolute atomic E-state index is 11.7. The van der Waals surface area contributed by atoms with Crippen LogP contribution in [0.1, 0.15) is 6.42 Å². The monoisotopic (exact) mass is 209 g/mol. The fraction of sp³-hybridized carbons (Fsp3) is 0.600. The second-order valence-electron chi connectivity index (χ2n) is 3.51. The number of carbonyl (C=O) groups excluding carboxylic acids is 1. The molecule has 0 aliphatic carbocycles. The van der Waals surface area contributed by atoms with Gasteiger partial charge in [-0.25, -0.2) is 0 Å². The Kier molecular flexibility index (Phi) is 3.34. The van der Waals surface area contributed by atoms with Crippen LogP contribution >= 0.6 is 0 Å².